The average Bonchev–Trinajstić information content (AvgIpc) is 2.36. The van der Waals surface area contributed by atoms with Crippen molar-refractivity contribution in [1.29, 1.82) is 0 Å². The molecule has 1 rings (SSSR count). The number of carboxylic acids is 1. The molecule has 20 heavy (non-hydrogen) atoms. The first kappa shape index (κ1) is 15.9. The van der Waals surface area contributed by atoms with Crippen LogP contribution in [0.15, 0.2) is 18.3 Å². The maximum absolute atomic E-state index is 12.2. The Morgan fingerprint density at radius 1 is 1.45 bits per heavy atom. The Morgan fingerprint density at radius 3 is 2.70 bits per heavy atom. The smallest absolute Gasteiger partial charge is 0.322 e. The van der Waals surface area contributed by atoms with Gasteiger partial charge in [-0.25, -0.2) is 4.79 Å². The van der Waals surface area contributed by atoms with Crippen LogP contribution in [0, 0.1) is 6.92 Å². The number of amides is 2. The standard InChI is InChI=1S/C14H21N3O3/c1-10(2)17(9-5-7-13(18)19)14(20)16-12-6-4-8-15-11(12)3/h4,6,8,10H,5,7,9H2,1-3H3,(H,16,20)(H,18,19). The molecule has 1 aromatic rings. The molecule has 0 spiro atoms. The molecule has 1 aromatic heterocycles. The SMILES string of the molecule is Cc1ncccc1NC(=O)N(CCCC(=O)O)C(C)C. The van der Waals surface area contributed by atoms with E-state index in [0.717, 1.165) is 5.69 Å². The van der Waals surface area contributed by atoms with Gasteiger partial charge in [-0.3, -0.25) is 9.78 Å². The number of nitrogens with zero attached hydrogens (tertiary/aromatic N) is 2. The summed E-state index contributed by atoms with van der Waals surface area (Å²) in [6.45, 7) is 6.03. The van der Waals surface area contributed by atoms with Crippen molar-refractivity contribution in [3.05, 3.63) is 24.0 Å². The number of rotatable bonds is 6. The van der Waals surface area contributed by atoms with E-state index in [1.54, 1.807) is 23.2 Å². The Morgan fingerprint density at radius 2 is 2.15 bits per heavy atom. The zero-order valence-corrected chi connectivity index (χ0v) is 12.1. The van der Waals surface area contributed by atoms with Crippen LogP contribution in [-0.4, -0.2) is 39.6 Å². The Hall–Kier alpha value is -2.11. The number of pyridine rings is 1. The van der Waals surface area contributed by atoms with Gasteiger partial charge in [-0.05, 0) is 39.3 Å². The second kappa shape index (κ2) is 7.47. The summed E-state index contributed by atoms with van der Waals surface area (Å²) in [6, 6.07) is 3.31. The maximum atomic E-state index is 12.2. The van der Waals surface area contributed by atoms with Gasteiger partial charge in [0.15, 0.2) is 0 Å². The number of carbonyl (C=O) groups excluding carboxylic acids is 1. The Bertz CT molecular complexity index is 474. The Labute approximate surface area is 118 Å². The highest BCUT2D eigenvalue weighted by Gasteiger charge is 2.17. The highest BCUT2D eigenvalue weighted by molar-refractivity contribution is 5.90. The Balaban J connectivity index is 2.65. The van der Waals surface area contributed by atoms with E-state index < -0.39 is 5.97 Å². The number of aryl methyl sites for hydroxylation is 1. The molecule has 0 aliphatic rings. The van der Waals surface area contributed by atoms with Gasteiger partial charge in [0, 0.05) is 25.2 Å². The van der Waals surface area contributed by atoms with Crippen LogP contribution in [0.3, 0.4) is 0 Å². The molecule has 2 amide bonds. The van der Waals surface area contributed by atoms with Gasteiger partial charge < -0.3 is 15.3 Å². The fraction of sp³-hybridized carbons (Fsp3) is 0.500. The van der Waals surface area contributed by atoms with Crippen molar-refractivity contribution in [2.24, 2.45) is 0 Å². The number of urea groups is 1. The first-order chi connectivity index (χ1) is 9.41. The van der Waals surface area contributed by atoms with E-state index in [0.29, 0.717) is 18.7 Å². The molecule has 110 valence electrons. The highest BCUT2D eigenvalue weighted by atomic mass is 16.4. The van der Waals surface area contributed by atoms with Crippen LogP contribution >= 0.6 is 0 Å². The number of carboxylic acid groups (broad SMARTS) is 1. The first-order valence-electron chi connectivity index (χ1n) is 6.63. The van der Waals surface area contributed by atoms with Crippen LogP contribution in [0.4, 0.5) is 10.5 Å². The van der Waals surface area contributed by atoms with Gasteiger partial charge in [0.1, 0.15) is 0 Å². The molecule has 0 unspecified atom stereocenters. The monoisotopic (exact) mass is 279 g/mol. The summed E-state index contributed by atoms with van der Waals surface area (Å²) in [6.07, 6.45) is 2.16. The fourth-order valence-electron chi connectivity index (χ4n) is 1.80. The number of aliphatic carboxylic acids is 1. The van der Waals surface area contributed by atoms with Crippen LogP contribution in [0.25, 0.3) is 0 Å². The number of hydrogen-bond acceptors (Lipinski definition) is 3. The average molecular weight is 279 g/mol. The summed E-state index contributed by atoms with van der Waals surface area (Å²) in [5.41, 5.74) is 1.41. The van der Waals surface area contributed by atoms with Crippen molar-refractivity contribution in [2.45, 2.75) is 39.7 Å². The third-order valence-corrected chi connectivity index (χ3v) is 2.92. The second-order valence-corrected chi connectivity index (χ2v) is 4.85. The summed E-state index contributed by atoms with van der Waals surface area (Å²) in [4.78, 5) is 28.5. The molecule has 1 heterocycles. The predicted molar refractivity (Wildman–Crippen MR) is 76.7 cm³/mol. The van der Waals surface area contributed by atoms with E-state index in [1.165, 1.54) is 0 Å². The molecule has 0 bridgehead atoms. The van der Waals surface area contributed by atoms with Crippen molar-refractivity contribution in [1.82, 2.24) is 9.88 Å². The first-order valence-corrected chi connectivity index (χ1v) is 6.63. The lowest BCUT2D eigenvalue weighted by Gasteiger charge is -2.27. The number of nitrogens with one attached hydrogen (secondary N) is 1. The van der Waals surface area contributed by atoms with E-state index in [1.807, 2.05) is 20.8 Å². The topological polar surface area (TPSA) is 82.5 Å². The van der Waals surface area contributed by atoms with Gasteiger partial charge in [-0.15, -0.1) is 0 Å². The van der Waals surface area contributed by atoms with E-state index >= 15 is 0 Å². The third-order valence-electron chi connectivity index (χ3n) is 2.92. The van der Waals surface area contributed by atoms with E-state index in [4.69, 9.17) is 5.11 Å². The van der Waals surface area contributed by atoms with Crippen molar-refractivity contribution in [3.8, 4) is 0 Å². The van der Waals surface area contributed by atoms with Crippen molar-refractivity contribution in [2.75, 3.05) is 11.9 Å². The molecule has 0 fully saturated rings. The quantitative estimate of drug-likeness (QED) is 0.838. The molecule has 0 radical (unpaired) electrons. The van der Waals surface area contributed by atoms with Crippen LogP contribution in [0.1, 0.15) is 32.4 Å². The highest BCUT2D eigenvalue weighted by Crippen LogP contribution is 2.12. The largest absolute Gasteiger partial charge is 0.481 e. The van der Waals surface area contributed by atoms with Gasteiger partial charge in [0.25, 0.3) is 0 Å². The number of anilines is 1. The van der Waals surface area contributed by atoms with Crippen LogP contribution in [0.2, 0.25) is 0 Å². The van der Waals surface area contributed by atoms with Crippen molar-refractivity contribution >= 4 is 17.7 Å². The molecule has 0 aliphatic carbocycles. The van der Waals surface area contributed by atoms with Gasteiger partial charge in [-0.2, -0.15) is 0 Å². The minimum Gasteiger partial charge on any atom is -0.481 e. The summed E-state index contributed by atoms with van der Waals surface area (Å²) in [5.74, 6) is -0.850. The fourth-order valence-corrected chi connectivity index (χ4v) is 1.80. The lowest BCUT2D eigenvalue weighted by atomic mass is 10.2. The van der Waals surface area contributed by atoms with Gasteiger partial charge >= 0.3 is 12.0 Å². The van der Waals surface area contributed by atoms with E-state index in [2.05, 4.69) is 10.3 Å². The van der Waals surface area contributed by atoms with E-state index in [9.17, 15) is 9.59 Å². The van der Waals surface area contributed by atoms with Crippen LogP contribution in [0.5, 0.6) is 0 Å². The zero-order valence-electron chi connectivity index (χ0n) is 12.1. The molecular weight excluding hydrogens is 258 g/mol. The number of hydrogen-bond donors (Lipinski definition) is 2. The van der Waals surface area contributed by atoms with Crippen LogP contribution < -0.4 is 5.32 Å². The molecule has 0 aliphatic heterocycles. The summed E-state index contributed by atoms with van der Waals surface area (Å²) >= 11 is 0. The Kier molecular flexibility index (Phi) is 5.96. The molecule has 0 saturated heterocycles. The van der Waals surface area contributed by atoms with Crippen LogP contribution in [-0.2, 0) is 4.79 Å². The molecule has 6 nitrogen and oxygen atoms in total. The molecule has 0 aromatic carbocycles. The summed E-state index contributed by atoms with van der Waals surface area (Å²) < 4.78 is 0. The summed E-state index contributed by atoms with van der Waals surface area (Å²) in [5, 5.41) is 11.5. The second-order valence-electron chi connectivity index (χ2n) is 4.85. The number of carbonyl (C=O) groups is 2. The van der Waals surface area contributed by atoms with Gasteiger partial charge in [0.05, 0.1) is 11.4 Å². The minimum absolute atomic E-state index is 0.000715. The normalized spacial score (nSPS) is 10.4. The predicted octanol–water partition coefficient (Wildman–Crippen LogP) is 2.50. The van der Waals surface area contributed by atoms with Crippen molar-refractivity contribution in [3.63, 3.8) is 0 Å². The lowest BCUT2D eigenvalue weighted by molar-refractivity contribution is -0.137. The molecule has 6 heteroatoms. The molecular formula is C14H21N3O3. The van der Waals surface area contributed by atoms with Crippen molar-refractivity contribution < 1.29 is 14.7 Å². The minimum atomic E-state index is -0.850. The number of aromatic nitrogens is 1. The third kappa shape index (κ3) is 4.87. The lowest BCUT2D eigenvalue weighted by Crippen LogP contribution is -2.41. The van der Waals surface area contributed by atoms with Gasteiger partial charge in [0.2, 0.25) is 0 Å². The van der Waals surface area contributed by atoms with Gasteiger partial charge in [-0.1, -0.05) is 0 Å². The zero-order chi connectivity index (χ0) is 15.1. The maximum Gasteiger partial charge on any atom is 0.322 e. The molecule has 2 N–H and O–H groups in total. The van der Waals surface area contributed by atoms with E-state index in [-0.39, 0.29) is 18.5 Å². The molecule has 0 saturated carbocycles. The molecule has 0 atom stereocenters. The summed E-state index contributed by atoms with van der Waals surface area (Å²) in [7, 11) is 0.